The Morgan fingerprint density at radius 3 is 2.32 bits per heavy atom. The summed E-state index contributed by atoms with van der Waals surface area (Å²) in [5.74, 6) is -1.40. The molecule has 0 aliphatic heterocycles. The van der Waals surface area contributed by atoms with Crippen molar-refractivity contribution in [2.24, 2.45) is 0 Å². The molecule has 0 aliphatic rings. The van der Waals surface area contributed by atoms with E-state index in [0.717, 1.165) is 6.07 Å². The summed E-state index contributed by atoms with van der Waals surface area (Å²) in [6.07, 6.45) is -4.74. The van der Waals surface area contributed by atoms with E-state index in [2.05, 4.69) is 5.32 Å². The van der Waals surface area contributed by atoms with Gasteiger partial charge in [-0.3, -0.25) is 19.7 Å². The third kappa shape index (κ3) is 6.23. The Morgan fingerprint density at radius 2 is 1.75 bits per heavy atom. The Morgan fingerprint density at radius 1 is 1.11 bits per heavy atom. The van der Waals surface area contributed by atoms with E-state index in [1.165, 1.54) is 36.4 Å². The molecule has 0 saturated carbocycles. The van der Waals surface area contributed by atoms with Gasteiger partial charge in [-0.25, -0.2) is 0 Å². The summed E-state index contributed by atoms with van der Waals surface area (Å²) in [5, 5.41) is 15.0. The molecule has 11 heteroatoms. The Labute approximate surface area is 161 Å². The number of carbonyl (C=O) groups is 2. The maximum Gasteiger partial charge on any atom is 0.405 e. The number of nitrogens with zero attached hydrogens (tertiary/aromatic N) is 1. The topological polar surface area (TPSA) is 101 Å². The second-order valence-corrected chi connectivity index (χ2v) is 6.05. The minimum atomic E-state index is -4.49. The van der Waals surface area contributed by atoms with Crippen molar-refractivity contribution in [1.29, 1.82) is 0 Å². The summed E-state index contributed by atoms with van der Waals surface area (Å²) in [5.41, 5.74) is 0.392. The molecule has 0 heterocycles. The van der Waals surface area contributed by atoms with Gasteiger partial charge in [0.05, 0.1) is 11.3 Å². The number of nitrogens with one attached hydrogen (secondary N) is 2. The van der Waals surface area contributed by atoms with Gasteiger partial charge in [-0.15, -0.1) is 0 Å². The molecule has 0 spiro atoms. The molecule has 0 fully saturated rings. The van der Waals surface area contributed by atoms with E-state index < -0.39 is 35.1 Å². The lowest BCUT2D eigenvalue weighted by atomic mass is 10.1. The zero-order valence-corrected chi connectivity index (χ0v) is 14.8. The van der Waals surface area contributed by atoms with Crippen LogP contribution in [0.1, 0.15) is 15.9 Å². The van der Waals surface area contributed by atoms with Crippen LogP contribution < -0.4 is 10.6 Å². The molecule has 2 aromatic rings. The fourth-order valence-electron chi connectivity index (χ4n) is 2.15. The number of nitro benzene ring substituents is 1. The van der Waals surface area contributed by atoms with Gasteiger partial charge in [0.15, 0.2) is 0 Å². The highest BCUT2D eigenvalue weighted by Gasteiger charge is 2.27. The number of halogens is 4. The zero-order chi connectivity index (χ0) is 20.9. The number of amides is 2. The molecule has 0 aromatic heterocycles. The van der Waals surface area contributed by atoms with Crippen LogP contribution in [0.15, 0.2) is 42.5 Å². The Hall–Kier alpha value is -3.14. The number of nitro groups is 1. The predicted octanol–water partition coefficient (Wildman–Crippen LogP) is 3.72. The molecule has 2 aromatic carbocycles. The minimum absolute atomic E-state index is 0.0201. The summed E-state index contributed by atoms with van der Waals surface area (Å²) in [6, 6.07) is 9.43. The van der Waals surface area contributed by atoms with Gasteiger partial charge >= 0.3 is 6.18 Å². The van der Waals surface area contributed by atoms with E-state index in [1.54, 1.807) is 5.32 Å². The van der Waals surface area contributed by atoms with Crippen LogP contribution in [-0.2, 0) is 11.2 Å². The lowest BCUT2D eigenvalue weighted by molar-refractivity contribution is -0.384. The van der Waals surface area contributed by atoms with Gasteiger partial charge in [0.1, 0.15) is 11.6 Å². The first-order chi connectivity index (χ1) is 13.0. The molecular weight excluding hydrogens is 403 g/mol. The number of benzene rings is 2. The molecule has 0 saturated heterocycles. The molecule has 0 bridgehead atoms. The van der Waals surface area contributed by atoms with Gasteiger partial charge in [-0.2, -0.15) is 13.2 Å². The number of alkyl halides is 3. The minimum Gasteiger partial charge on any atom is -0.347 e. The highest BCUT2D eigenvalue weighted by atomic mass is 35.5. The average Bonchev–Trinajstić information content (AvgIpc) is 2.61. The van der Waals surface area contributed by atoms with Crippen LogP contribution >= 0.6 is 11.6 Å². The normalized spacial score (nSPS) is 11.0. The number of anilines is 1. The van der Waals surface area contributed by atoms with Crippen LogP contribution in [0.5, 0.6) is 0 Å². The molecule has 7 nitrogen and oxygen atoms in total. The molecule has 28 heavy (non-hydrogen) atoms. The molecule has 0 unspecified atom stereocenters. The summed E-state index contributed by atoms with van der Waals surface area (Å²) >= 11 is 5.69. The molecule has 0 atom stereocenters. The van der Waals surface area contributed by atoms with Gasteiger partial charge in [0.25, 0.3) is 11.6 Å². The smallest absolute Gasteiger partial charge is 0.347 e. The maximum atomic E-state index is 12.2. The van der Waals surface area contributed by atoms with Crippen molar-refractivity contribution in [3.8, 4) is 0 Å². The first kappa shape index (κ1) is 21.2. The fourth-order valence-corrected chi connectivity index (χ4v) is 2.34. The summed E-state index contributed by atoms with van der Waals surface area (Å²) in [6.45, 7) is -1.41. The van der Waals surface area contributed by atoms with Crippen molar-refractivity contribution >= 4 is 34.8 Å². The van der Waals surface area contributed by atoms with Crippen molar-refractivity contribution in [2.75, 3.05) is 11.9 Å². The second kappa shape index (κ2) is 8.70. The first-order valence-corrected chi connectivity index (χ1v) is 8.10. The SMILES string of the molecule is O=C(Cc1ccc(NC(=O)c2ccc(Cl)c([N+](=O)[O-])c2)cc1)NCC(F)(F)F. The van der Waals surface area contributed by atoms with Crippen LogP contribution in [0, 0.1) is 10.1 Å². The van der Waals surface area contributed by atoms with Crippen LogP contribution in [-0.4, -0.2) is 29.5 Å². The van der Waals surface area contributed by atoms with Crippen LogP contribution in [0.3, 0.4) is 0 Å². The van der Waals surface area contributed by atoms with E-state index in [1.807, 2.05) is 0 Å². The lowest BCUT2D eigenvalue weighted by Crippen LogP contribution is -2.34. The van der Waals surface area contributed by atoms with E-state index >= 15 is 0 Å². The highest BCUT2D eigenvalue weighted by molar-refractivity contribution is 6.32. The molecule has 0 aliphatic carbocycles. The molecule has 2 N–H and O–H groups in total. The Bertz CT molecular complexity index is 902. The van der Waals surface area contributed by atoms with E-state index in [0.29, 0.717) is 11.3 Å². The summed E-state index contributed by atoms with van der Waals surface area (Å²) in [4.78, 5) is 33.8. The van der Waals surface area contributed by atoms with Gasteiger partial charge < -0.3 is 10.6 Å². The monoisotopic (exact) mass is 415 g/mol. The summed E-state index contributed by atoms with van der Waals surface area (Å²) < 4.78 is 36.2. The van der Waals surface area contributed by atoms with Crippen molar-refractivity contribution < 1.29 is 27.7 Å². The number of hydrogen-bond acceptors (Lipinski definition) is 4. The van der Waals surface area contributed by atoms with Crippen molar-refractivity contribution in [3.05, 3.63) is 68.7 Å². The molecule has 0 radical (unpaired) electrons. The van der Waals surface area contributed by atoms with E-state index in [-0.39, 0.29) is 17.0 Å². The van der Waals surface area contributed by atoms with Gasteiger partial charge in [-0.1, -0.05) is 23.7 Å². The van der Waals surface area contributed by atoms with Gasteiger partial charge in [-0.05, 0) is 29.8 Å². The number of rotatable bonds is 6. The standard InChI is InChI=1S/C17H13ClF3N3O4/c18-13-6-3-11(8-14(13)24(27)28)16(26)23-12-4-1-10(2-5-12)7-15(25)22-9-17(19,20)21/h1-6,8H,7,9H2,(H,22,25)(H,23,26). The number of hydrogen-bond donors (Lipinski definition) is 2. The highest BCUT2D eigenvalue weighted by Crippen LogP contribution is 2.25. The van der Waals surface area contributed by atoms with Gasteiger partial charge in [0, 0.05) is 17.3 Å². The number of carbonyl (C=O) groups excluding carboxylic acids is 2. The van der Waals surface area contributed by atoms with Crippen LogP contribution in [0.2, 0.25) is 5.02 Å². The summed E-state index contributed by atoms with van der Waals surface area (Å²) in [7, 11) is 0. The molecule has 148 valence electrons. The van der Waals surface area contributed by atoms with Crippen LogP contribution in [0.4, 0.5) is 24.5 Å². The average molecular weight is 416 g/mol. The first-order valence-electron chi connectivity index (χ1n) is 7.73. The maximum absolute atomic E-state index is 12.2. The Balaban J connectivity index is 1.99. The second-order valence-electron chi connectivity index (χ2n) is 5.64. The predicted molar refractivity (Wildman–Crippen MR) is 95.3 cm³/mol. The zero-order valence-electron chi connectivity index (χ0n) is 14.0. The third-order valence-electron chi connectivity index (χ3n) is 3.47. The van der Waals surface area contributed by atoms with Crippen LogP contribution in [0.25, 0.3) is 0 Å². The quantitative estimate of drug-likeness (QED) is 0.554. The van der Waals surface area contributed by atoms with E-state index in [9.17, 15) is 32.9 Å². The van der Waals surface area contributed by atoms with Gasteiger partial charge in [0.2, 0.25) is 5.91 Å². The molecular formula is C17H13ClF3N3O4. The molecule has 2 rings (SSSR count). The lowest BCUT2D eigenvalue weighted by Gasteiger charge is -2.09. The van der Waals surface area contributed by atoms with Crippen molar-refractivity contribution in [3.63, 3.8) is 0 Å². The van der Waals surface area contributed by atoms with Crippen molar-refractivity contribution in [2.45, 2.75) is 12.6 Å². The Kier molecular flexibility index (Phi) is 6.57. The largest absolute Gasteiger partial charge is 0.405 e. The molecule has 2 amide bonds. The fraction of sp³-hybridized carbons (Fsp3) is 0.176. The van der Waals surface area contributed by atoms with Crippen molar-refractivity contribution in [1.82, 2.24) is 5.32 Å². The third-order valence-corrected chi connectivity index (χ3v) is 3.79. The van der Waals surface area contributed by atoms with E-state index in [4.69, 9.17) is 11.6 Å².